The highest BCUT2D eigenvalue weighted by atomic mass is 16.5. The monoisotopic (exact) mass is 155 g/mol. The third-order valence-corrected chi connectivity index (χ3v) is 3.14. The normalized spacial score (nSPS) is 43.9. The maximum atomic E-state index is 5.36. The predicted octanol–water partition coefficient (Wildman–Crippen LogP) is 1.16. The van der Waals surface area contributed by atoms with Crippen molar-refractivity contribution >= 4 is 0 Å². The Bertz CT molecular complexity index is 124. The van der Waals surface area contributed by atoms with E-state index in [1.165, 1.54) is 32.2 Å². The summed E-state index contributed by atoms with van der Waals surface area (Å²) >= 11 is 0. The molecule has 0 radical (unpaired) electrons. The fourth-order valence-electron chi connectivity index (χ4n) is 2.49. The third-order valence-electron chi connectivity index (χ3n) is 3.14. The lowest BCUT2D eigenvalue weighted by Gasteiger charge is -2.25. The molecule has 2 rings (SSSR count). The Kier molecular flexibility index (Phi) is 2.14. The molecule has 0 aromatic heterocycles. The van der Waals surface area contributed by atoms with Crippen LogP contribution in [0.5, 0.6) is 0 Å². The van der Waals surface area contributed by atoms with Gasteiger partial charge in [0, 0.05) is 13.2 Å². The first-order valence-corrected chi connectivity index (χ1v) is 4.66. The quantitative estimate of drug-likeness (QED) is 0.613. The Morgan fingerprint density at radius 2 is 2.27 bits per heavy atom. The molecule has 0 bridgehead atoms. The van der Waals surface area contributed by atoms with Crippen molar-refractivity contribution in [1.29, 1.82) is 0 Å². The van der Waals surface area contributed by atoms with E-state index in [1.54, 1.807) is 0 Å². The smallest absolute Gasteiger partial charge is 0.0589 e. The molecule has 1 saturated heterocycles. The fourth-order valence-corrected chi connectivity index (χ4v) is 2.49. The summed E-state index contributed by atoms with van der Waals surface area (Å²) in [5.74, 6) is 0.911. The van der Waals surface area contributed by atoms with E-state index >= 15 is 0 Å². The van der Waals surface area contributed by atoms with Gasteiger partial charge in [0.05, 0.1) is 6.10 Å². The van der Waals surface area contributed by atoms with Gasteiger partial charge >= 0.3 is 0 Å². The number of rotatable bonds is 1. The molecule has 0 aromatic rings. The molecule has 1 aliphatic carbocycles. The first kappa shape index (κ1) is 7.56. The summed E-state index contributed by atoms with van der Waals surface area (Å²) in [5, 5.41) is 3.57. The number of fused-ring (bicyclic) bond motifs is 1. The summed E-state index contributed by atoms with van der Waals surface area (Å²) in [6, 6.07) is 0.772. The van der Waals surface area contributed by atoms with Gasteiger partial charge in [0.1, 0.15) is 0 Å². The van der Waals surface area contributed by atoms with Gasteiger partial charge in [-0.2, -0.15) is 0 Å². The standard InChI is InChI=1S/C9H17NO/c1-11-8-5-7-3-2-4-10-9(7)6-8/h7-10H,2-6H2,1H3. The van der Waals surface area contributed by atoms with Crippen molar-refractivity contribution in [2.75, 3.05) is 13.7 Å². The van der Waals surface area contributed by atoms with Crippen LogP contribution in [0.15, 0.2) is 0 Å². The molecule has 2 nitrogen and oxygen atoms in total. The highest BCUT2D eigenvalue weighted by molar-refractivity contribution is 4.91. The number of ether oxygens (including phenoxy) is 1. The van der Waals surface area contributed by atoms with Gasteiger partial charge in [-0.1, -0.05) is 0 Å². The van der Waals surface area contributed by atoms with Crippen molar-refractivity contribution in [3.63, 3.8) is 0 Å². The minimum absolute atomic E-state index is 0.538. The van der Waals surface area contributed by atoms with Crippen molar-refractivity contribution in [3.05, 3.63) is 0 Å². The minimum Gasteiger partial charge on any atom is -0.381 e. The summed E-state index contributed by atoms with van der Waals surface area (Å²) in [6.07, 6.45) is 5.83. The Labute approximate surface area is 68.3 Å². The molecular weight excluding hydrogens is 138 g/mol. The van der Waals surface area contributed by atoms with Crippen LogP contribution in [0.2, 0.25) is 0 Å². The van der Waals surface area contributed by atoms with E-state index in [9.17, 15) is 0 Å². The lowest BCUT2D eigenvalue weighted by Crippen LogP contribution is -2.37. The second kappa shape index (κ2) is 3.11. The van der Waals surface area contributed by atoms with Gasteiger partial charge in [-0.3, -0.25) is 0 Å². The van der Waals surface area contributed by atoms with Gasteiger partial charge in [-0.15, -0.1) is 0 Å². The molecule has 2 heteroatoms. The molecule has 11 heavy (non-hydrogen) atoms. The molecule has 1 heterocycles. The topological polar surface area (TPSA) is 21.3 Å². The van der Waals surface area contributed by atoms with Gasteiger partial charge in [-0.05, 0) is 38.1 Å². The number of nitrogens with one attached hydrogen (secondary N) is 1. The second-order valence-electron chi connectivity index (χ2n) is 3.79. The molecule has 1 aliphatic heterocycles. The van der Waals surface area contributed by atoms with Gasteiger partial charge in [0.25, 0.3) is 0 Å². The van der Waals surface area contributed by atoms with E-state index < -0.39 is 0 Å². The van der Waals surface area contributed by atoms with Gasteiger partial charge in [0.2, 0.25) is 0 Å². The predicted molar refractivity (Wildman–Crippen MR) is 44.5 cm³/mol. The molecule has 2 fully saturated rings. The Morgan fingerprint density at radius 3 is 3.00 bits per heavy atom. The maximum Gasteiger partial charge on any atom is 0.0589 e. The average molecular weight is 155 g/mol. The van der Waals surface area contributed by atoms with Crippen LogP contribution in [-0.4, -0.2) is 25.8 Å². The second-order valence-corrected chi connectivity index (χ2v) is 3.79. The molecule has 1 N–H and O–H groups in total. The summed E-state index contributed by atoms with van der Waals surface area (Å²) in [7, 11) is 1.84. The van der Waals surface area contributed by atoms with Crippen LogP contribution in [0, 0.1) is 5.92 Å². The molecule has 64 valence electrons. The molecule has 3 atom stereocenters. The molecule has 0 amide bonds. The Morgan fingerprint density at radius 1 is 1.36 bits per heavy atom. The van der Waals surface area contributed by atoms with Crippen molar-refractivity contribution < 1.29 is 4.74 Å². The van der Waals surface area contributed by atoms with Crippen LogP contribution in [0.1, 0.15) is 25.7 Å². The third kappa shape index (κ3) is 1.42. The summed E-state index contributed by atoms with van der Waals surface area (Å²) in [4.78, 5) is 0. The summed E-state index contributed by atoms with van der Waals surface area (Å²) in [5.41, 5.74) is 0. The SMILES string of the molecule is COC1CC2CCCNC2C1. The highest BCUT2D eigenvalue weighted by Gasteiger charge is 2.35. The largest absolute Gasteiger partial charge is 0.381 e. The average Bonchev–Trinajstić information content (AvgIpc) is 2.46. The molecule has 3 unspecified atom stereocenters. The number of piperidine rings is 1. The van der Waals surface area contributed by atoms with E-state index in [4.69, 9.17) is 4.74 Å². The van der Waals surface area contributed by atoms with Gasteiger partial charge in [-0.25, -0.2) is 0 Å². The summed E-state index contributed by atoms with van der Waals surface area (Å²) in [6.45, 7) is 1.22. The molecule has 1 saturated carbocycles. The first-order valence-electron chi connectivity index (χ1n) is 4.66. The zero-order valence-corrected chi connectivity index (χ0v) is 7.18. The molecule has 0 aromatic carbocycles. The van der Waals surface area contributed by atoms with E-state index in [1.807, 2.05) is 7.11 Å². The number of hydrogen-bond acceptors (Lipinski definition) is 2. The van der Waals surface area contributed by atoms with Crippen molar-refractivity contribution in [2.45, 2.75) is 37.8 Å². The molecular formula is C9H17NO. The van der Waals surface area contributed by atoms with Crippen molar-refractivity contribution in [2.24, 2.45) is 5.92 Å². The molecule has 0 spiro atoms. The Hall–Kier alpha value is -0.0800. The lowest BCUT2D eigenvalue weighted by molar-refractivity contribution is 0.104. The fraction of sp³-hybridized carbons (Fsp3) is 1.00. The van der Waals surface area contributed by atoms with E-state index in [0.717, 1.165) is 12.0 Å². The van der Waals surface area contributed by atoms with Crippen LogP contribution in [-0.2, 0) is 4.74 Å². The first-order chi connectivity index (χ1) is 5.40. The Balaban J connectivity index is 1.92. The van der Waals surface area contributed by atoms with E-state index in [-0.39, 0.29) is 0 Å². The van der Waals surface area contributed by atoms with Crippen LogP contribution >= 0.6 is 0 Å². The summed E-state index contributed by atoms with van der Waals surface area (Å²) < 4.78 is 5.36. The van der Waals surface area contributed by atoms with Crippen LogP contribution < -0.4 is 5.32 Å². The van der Waals surface area contributed by atoms with E-state index in [0.29, 0.717) is 6.10 Å². The lowest BCUT2D eigenvalue weighted by atomic mass is 9.94. The zero-order valence-electron chi connectivity index (χ0n) is 7.18. The van der Waals surface area contributed by atoms with Crippen LogP contribution in [0.4, 0.5) is 0 Å². The maximum absolute atomic E-state index is 5.36. The molecule has 2 aliphatic rings. The minimum atomic E-state index is 0.538. The zero-order chi connectivity index (χ0) is 7.68. The van der Waals surface area contributed by atoms with Crippen molar-refractivity contribution in [1.82, 2.24) is 5.32 Å². The highest BCUT2D eigenvalue weighted by Crippen LogP contribution is 2.33. The van der Waals surface area contributed by atoms with E-state index in [2.05, 4.69) is 5.32 Å². The van der Waals surface area contributed by atoms with Gasteiger partial charge in [0.15, 0.2) is 0 Å². The number of methoxy groups -OCH3 is 1. The van der Waals surface area contributed by atoms with Crippen LogP contribution in [0.3, 0.4) is 0 Å². The number of hydrogen-bond donors (Lipinski definition) is 1. The van der Waals surface area contributed by atoms with Crippen molar-refractivity contribution in [3.8, 4) is 0 Å². The van der Waals surface area contributed by atoms with Gasteiger partial charge < -0.3 is 10.1 Å². The van der Waals surface area contributed by atoms with Crippen LogP contribution in [0.25, 0.3) is 0 Å².